The minimum atomic E-state index is -0.123. The molecule has 5 heteroatoms. The van der Waals surface area contributed by atoms with Gasteiger partial charge in [-0.05, 0) is 56.7 Å². The van der Waals surface area contributed by atoms with Gasteiger partial charge in [-0.3, -0.25) is 0 Å². The van der Waals surface area contributed by atoms with Crippen LogP contribution in [0.2, 0.25) is 0 Å². The molecule has 5 nitrogen and oxygen atoms in total. The number of hydrogen-bond donors (Lipinski definition) is 2. The zero-order valence-corrected chi connectivity index (χ0v) is 17.4. The molecule has 1 aromatic rings. The number of carbonyl (C=O) groups excluding carboxylic acids is 1. The molecule has 1 aliphatic carbocycles. The molecule has 4 rings (SSSR count). The molecule has 0 unspecified atom stereocenters. The number of likely N-dealkylation sites (tertiary alicyclic amines) is 1. The first-order valence-electron chi connectivity index (χ1n) is 10.7. The van der Waals surface area contributed by atoms with Crippen LogP contribution in [0.25, 0.3) is 0 Å². The van der Waals surface area contributed by atoms with Crippen LogP contribution in [0, 0.1) is 0 Å². The number of aliphatic imine (C=N–C) groups is 1. The van der Waals surface area contributed by atoms with Gasteiger partial charge in [-0.15, -0.1) is 0 Å². The van der Waals surface area contributed by atoms with Crippen LogP contribution in [0.4, 0.5) is 10.5 Å². The number of aryl methyl sites for hydroxylation is 1. The Labute approximate surface area is 173 Å². The third-order valence-corrected chi connectivity index (χ3v) is 5.92. The van der Waals surface area contributed by atoms with E-state index in [1.165, 1.54) is 22.3 Å². The van der Waals surface area contributed by atoms with Crippen LogP contribution in [0.1, 0.15) is 45.1 Å². The van der Waals surface area contributed by atoms with E-state index >= 15 is 0 Å². The van der Waals surface area contributed by atoms with E-state index in [9.17, 15) is 4.79 Å². The number of nitrogens with one attached hydrogen (secondary N) is 2. The molecule has 0 saturated carbocycles. The zero-order valence-electron chi connectivity index (χ0n) is 17.4. The van der Waals surface area contributed by atoms with Crippen LogP contribution < -0.4 is 10.6 Å². The molecule has 1 aromatic carbocycles. The smallest absolute Gasteiger partial charge is 0.319 e. The molecule has 3 aliphatic rings. The first-order valence-corrected chi connectivity index (χ1v) is 10.7. The Kier molecular flexibility index (Phi) is 5.84. The van der Waals surface area contributed by atoms with Crippen molar-refractivity contribution >= 4 is 17.6 Å². The lowest BCUT2D eigenvalue weighted by molar-refractivity contribution is 0.237. The number of anilines is 1. The first kappa shape index (κ1) is 19.5. The maximum atomic E-state index is 12.4. The summed E-state index contributed by atoms with van der Waals surface area (Å²) in [6.45, 7) is 6.10. The molecule has 2 N–H and O–H groups in total. The number of nitrogens with zero attached hydrogens (tertiary/aromatic N) is 2. The van der Waals surface area contributed by atoms with Crippen molar-refractivity contribution < 1.29 is 4.79 Å². The normalized spacial score (nSPS) is 19.4. The van der Waals surface area contributed by atoms with E-state index in [2.05, 4.69) is 53.7 Å². The molecule has 1 fully saturated rings. The third-order valence-electron chi connectivity index (χ3n) is 5.92. The Balaban J connectivity index is 1.31. The summed E-state index contributed by atoms with van der Waals surface area (Å²) in [5.74, 6) is 1.10. The van der Waals surface area contributed by atoms with Gasteiger partial charge in [0.2, 0.25) is 0 Å². The van der Waals surface area contributed by atoms with Crippen molar-refractivity contribution in [2.24, 2.45) is 4.99 Å². The van der Waals surface area contributed by atoms with Crippen LogP contribution in [-0.2, 0) is 6.42 Å². The van der Waals surface area contributed by atoms with Crippen LogP contribution in [-0.4, -0.2) is 35.9 Å². The number of benzene rings is 1. The lowest BCUT2D eigenvalue weighted by Gasteiger charge is -2.34. The number of hydrogen-bond acceptors (Lipinski definition) is 3. The second-order valence-corrected chi connectivity index (χ2v) is 8.14. The number of piperidine rings is 1. The van der Waals surface area contributed by atoms with Crippen LogP contribution in [0.5, 0.6) is 0 Å². The minimum absolute atomic E-state index is 0.123. The van der Waals surface area contributed by atoms with Crippen LogP contribution >= 0.6 is 0 Å². The summed E-state index contributed by atoms with van der Waals surface area (Å²) in [5, 5.41) is 6.08. The number of rotatable bonds is 3. The summed E-state index contributed by atoms with van der Waals surface area (Å²) >= 11 is 0. The van der Waals surface area contributed by atoms with Crippen molar-refractivity contribution in [1.82, 2.24) is 10.2 Å². The van der Waals surface area contributed by atoms with E-state index in [0.29, 0.717) is 0 Å². The molecule has 2 heterocycles. The molecule has 0 atom stereocenters. The van der Waals surface area contributed by atoms with Gasteiger partial charge >= 0.3 is 6.03 Å². The molecule has 0 radical (unpaired) electrons. The van der Waals surface area contributed by atoms with Crippen molar-refractivity contribution in [2.45, 2.75) is 52.0 Å². The summed E-state index contributed by atoms with van der Waals surface area (Å²) in [7, 11) is 0. The molecule has 2 amide bonds. The molecule has 152 valence electrons. The first-order chi connectivity index (χ1) is 14.1. The summed E-state index contributed by atoms with van der Waals surface area (Å²) in [5.41, 5.74) is 6.20. The average molecular weight is 391 g/mol. The Bertz CT molecular complexity index is 884. The van der Waals surface area contributed by atoms with Gasteiger partial charge in [0.25, 0.3) is 0 Å². The molecule has 0 spiro atoms. The Morgan fingerprint density at radius 3 is 2.69 bits per heavy atom. The van der Waals surface area contributed by atoms with E-state index in [1.807, 2.05) is 18.3 Å². The summed E-state index contributed by atoms with van der Waals surface area (Å²) in [6, 6.07) is 8.10. The van der Waals surface area contributed by atoms with Gasteiger partial charge in [0, 0.05) is 36.6 Å². The highest BCUT2D eigenvalue weighted by atomic mass is 16.2. The monoisotopic (exact) mass is 390 g/mol. The molecule has 1 saturated heterocycles. The van der Waals surface area contributed by atoms with Gasteiger partial charge in [-0.2, -0.15) is 0 Å². The van der Waals surface area contributed by atoms with E-state index < -0.39 is 0 Å². The second kappa shape index (κ2) is 8.68. The van der Waals surface area contributed by atoms with Crippen molar-refractivity contribution in [3.05, 3.63) is 64.9 Å². The maximum Gasteiger partial charge on any atom is 0.319 e. The highest BCUT2D eigenvalue weighted by Crippen LogP contribution is 2.30. The highest BCUT2D eigenvalue weighted by molar-refractivity contribution is 6.03. The number of amides is 2. The van der Waals surface area contributed by atoms with E-state index in [0.717, 1.165) is 56.7 Å². The van der Waals surface area contributed by atoms with E-state index in [-0.39, 0.29) is 12.1 Å². The quantitative estimate of drug-likeness (QED) is 0.779. The average Bonchev–Trinajstić information content (AvgIpc) is 3.11. The summed E-state index contributed by atoms with van der Waals surface area (Å²) in [6.07, 6.45) is 11.4. The largest absolute Gasteiger partial charge is 0.356 e. The molecule has 29 heavy (non-hydrogen) atoms. The van der Waals surface area contributed by atoms with Crippen molar-refractivity contribution in [3.63, 3.8) is 0 Å². The minimum Gasteiger partial charge on any atom is -0.356 e. The zero-order chi connectivity index (χ0) is 20.2. The van der Waals surface area contributed by atoms with E-state index in [4.69, 9.17) is 4.99 Å². The van der Waals surface area contributed by atoms with Gasteiger partial charge in [-0.1, -0.05) is 42.4 Å². The maximum absolute atomic E-state index is 12.4. The molecule has 0 bridgehead atoms. The van der Waals surface area contributed by atoms with Gasteiger partial charge < -0.3 is 15.5 Å². The molecule has 2 aliphatic heterocycles. The molecule has 0 aromatic heterocycles. The third kappa shape index (κ3) is 4.61. The fraction of sp³-hybridized carbons (Fsp3) is 0.417. The van der Waals surface area contributed by atoms with Gasteiger partial charge in [0.15, 0.2) is 0 Å². The molecular weight excluding hydrogens is 360 g/mol. The highest BCUT2D eigenvalue weighted by Gasteiger charge is 2.26. The topological polar surface area (TPSA) is 56.7 Å². The van der Waals surface area contributed by atoms with Gasteiger partial charge in [0.1, 0.15) is 5.84 Å². The molecular formula is C24H30N4O. The Morgan fingerprint density at radius 1 is 1.21 bits per heavy atom. The van der Waals surface area contributed by atoms with Crippen molar-refractivity contribution in [3.8, 4) is 0 Å². The summed E-state index contributed by atoms with van der Waals surface area (Å²) < 4.78 is 0. The SMILES string of the molecule is CCc1ccc(NC(=O)NC2CCN(C3=NC=C(C)CC4=C3C=CC4)CC2)cc1. The lowest BCUT2D eigenvalue weighted by Crippen LogP contribution is -2.47. The van der Waals surface area contributed by atoms with Gasteiger partial charge in [0.05, 0.1) is 0 Å². The van der Waals surface area contributed by atoms with Crippen LogP contribution in [0.15, 0.2) is 64.3 Å². The number of amidine groups is 1. The van der Waals surface area contributed by atoms with Crippen molar-refractivity contribution in [1.29, 1.82) is 0 Å². The number of carbonyl (C=O) groups is 1. The fourth-order valence-electron chi connectivity index (χ4n) is 4.23. The number of allylic oxidation sites excluding steroid dienone is 3. The van der Waals surface area contributed by atoms with Gasteiger partial charge in [-0.25, -0.2) is 9.79 Å². The predicted molar refractivity (Wildman–Crippen MR) is 119 cm³/mol. The van der Waals surface area contributed by atoms with Crippen molar-refractivity contribution in [2.75, 3.05) is 18.4 Å². The number of urea groups is 1. The lowest BCUT2D eigenvalue weighted by atomic mass is 10.0. The second-order valence-electron chi connectivity index (χ2n) is 8.14. The summed E-state index contributed by atoms with van der Waals surface area (Å²) in [4.78, 5) is 19.5. The Hall–Kier alpha value is -2.82. The standard InChI is InChI=1S/C24H30N4O/c1-3-18-7-9-20(10-8-18)26-24(29)27-21-11-13-28(14-12-21)23-22-6-4-5-19(22)15-17(2)16-25-23/h4,6-10,16,21H,3,5,11-15H2,1-2H3,(H2,26,27,29). The fourth-order valence-corrected chi connectivity index (χ4v) is 4.23. The van der Waals surface area contributed by atoms with E-state index in [1.54, 1.807) is 0 Å². The Morgan fingerprint density at radius 2 is 1.97 bits per heavy atom. The predicted octanol–water partition coefficient (Wildman–Crippen LogP) is 4.80. The van der Waals surface area contributed by atoms with Crippen LogP contribution in [0.3, 0.4) is 0 Å².